The number of para-hydroxylation sites is 1. The highest BCUT2D eigenvalue weighted by molar-refractivity contribution is 5.56. The lowest BCUT2D eigenvalue weighted by Gasteiger charge is -2.13. The van der Waals surface area contributed by atoms with E-state index < -0.39 is 16.9 Å². The van der Waals surface area contributed by atoms with Crippen molar-refractivity contribution in [1.82, 2.24) is 0 Å². The minimum atomic E-state index is -1.14. The van der Waals surface area contributed by atoms with Gasteiger partial charge in [-0.05, 0) is 6.07 Å². The number of nitro benzene ring substituents is 1. The lowest BCUT2D eigenvalue weighted by molar-refractivity contribution is -0.386. The second kappa shape index (κ2) is 4.65. The molecular weight excluding hydrogens is 198 g/mol. The molecule has 1 rings (SSSR count). The number of aldehydes is 1. The number of nitrogens with zero attached hydrogens (tertiary/aromatic N) is 1. The summed E-state index contributed by atoms with van der Waals surface area (Å²) >= 11 is 0. The fourth-order valence-corrected chi connectivity index (χ4v) is 1.26. The second-order valence-corrected chi connectivity index (χ2v) is 3.26. The van der Waals surface area contributed by atoms with E-state index in [1.54, 1.807) is 6.07 Å². The number of aliphatic hydroxyl groups excluding tert-OH is 1. The predicted molar refractivity (Wildman–Crippen MR) is 53.3 cm³/mol. The molecule has 0 saturated carbocycles. The Bertz CT molecular complexity index is 377. The van der Waals surface area contributed by atoms with Crippen molar-refractivity contribution in [3.63, 3.8) is 0 Å². The summed E-state index contributed by atoms with van der Waals surface area (Å²) in [5, 5.41) is 20.3. The molecule has 0 aliphatic carbocycles. The number of benzene rings is 1. The highest BCUT2D eigenvalue weighted by Gasteiger charge is 2.23. The summed E-state index contributed by atoms with van der Waals surface area (Å²) in [7, 11) is 0. The topological polar surface area (TPSA) is 80.4 Å². The lowest BCUT2D eigenvalue weighted by atomic mass is 9.97. The van der Waals surface area contributed by atoms with Gasteiger partial charge < -0.3 is 9.90 Å². The first-order chi connectivity index (χ1) is 7.07. The van der Waals surface area contributed by atoms with E-state index in [9.17, 15) is 20.0 Å². The van der Waals surface area contributed by atoms with E-state index in [0.717, 1.165) is 0 Å². The first kappa shape index (κ1) is 11.3. The zero-order valence-corrected chi connectivity index (χ0v) is 8.16. The lowest BCUT2D eigenvalue weighted by Crippen LogP contribution is -2.12. The van der Waals surface area contributed by atoms with E-state index in [1.165, 1.54) is 25.1 Å². The van der Waals surface area contributed by atoms with E-state index in [1.807, 2.05) is 0 Å². The summed E-state index contributed by atoms with van der Waals surface area (Å²) in [4.78, 5) is 20.5. The zero-order chi connectivity index (χ0) is 11.4. The monoisotopic (exact) mass is 209 g/mol. The third-order valence-electron chi connectivity index (χ3n) is 2.16. The highest BCUT2D eigenvalue weighted by Crippen LogP contribution is 2.28. The van der Waals surface area contributed by atoms with Gasteiger partial charge in [-0.2, -0.15) is 0 Å². The van der Waals surface area contributed by atoms with Gasteiger partial charge in [0.25, 0.3) is 5.69 Å². The van der Waals surface area contributed by atoms with Crippen LogP contribution in [0.25, 0.3) is 0 Å². The number of rotatable bonds is 4. The standard InChI is InChI=1S/C10H11NO4/c1-7(6-12)10(13)8-4-2-3-5-9(8)11(14)15/h2-7,10,13H,1H3/t7-,10-/m1/s1. The molecule has 0 aromatic heterocycles. The van der Waals surface area contributed by atoms with Crippen LogP contribution >= 0.6 is 0 Å². The van der Waals surface area contributed by atoms with Crippen molar-refractivity contribution in [2.45, 2.75) is 13.0 Å². The number of hydrogen-bond acceptors (Lipinski definition) is 4. The molecule has 0 aliphatic heterocycles. The highest BCUT2D eigenvalue weighted by atomic mass is 16.6. The van der Waals surface area contributed by atoms with E-state index in [2.05, 4.69) is 0 Å². The Morgan fingerprint density at radius 2 is 2.07 bits per heavy atom. The van der Waals surface area contributed by atoms with Crippen LogP contribution in [0, 0.1) is 16.0 Å². The molecule has 0 amide bonds. The number of carbonyl (C=O) groups excluding carboxylic acids is 1. The molecule has 0 heterocycles. The quantitative estimate of drug-likeness (QED) is 0.462. The molecule has 5 heteroatoms. The molecule has 0 bridgehead atoms. The van der Waals surface area contributed by atoms with Crippen molar-refractivity contribution in [2.75, 3.05) is 0 Å². The minimum absolute atomic E-state index is 0.168. The van der Waals surface area contributed by atoms with Gasteiger partial charge in [0.05, 0.1) is 16.6 Å². The Morgan fingerprint density at radius 3 is 2.60 bits per heavy atom. The molecule has 0 saturated heterocycles. The molecule has 1 aromatic carbocycles. The van der Waals surface area contributed by atoms with Crippen LogP contribution in [0.3, 0.4) is 0 Å². The van der Waals surface area contributed by atoms with Crippen molar-refractivity contribution < 1.29 is 14.8 Å². The normalized spacial score (nSPS) is 14.3. The Hall–Kier alpha value is -1.75. The maximum absolute atomic E-state index is 10.6. The van der Waals surface area contributed by atoms with Crippen molar-refractivity contribution in [3.05, 3.63) is 39.9 Å². The maximum Gasteiger partial charge on any atom is 0.275 e. The van der Waals surface area contributed by atoms with E-state index in [-0.39, 0.29) is 11.3 Å². The van der Waals surface area contributed by atoms with E-state index in [0.29, 0.717) is 6.29 Å². The minimum Gasteiger partial charge on any atom is -0.387 e. The molecule has 80 valence electrons. The zero-order valence-electron chi connectivity index (χ0n) is 8.16. The Morgan fingerprint density at radius 1 is 1.47 bits per heavy atom. The predicted octanol–water partition coefficient (Wildman–Crippen LogP) is 1.46. The van der Waals surface area contributed by atoms with Crippen molar-refractivity contribution in [1.29, 1.82) is 0 Å². The summed E-state index contributed by atoms with van der Waals surface area (Å²) in [6.07, 6.45) is -0.564. The van der Waals surface area contributed by atoms with Crippen molar-refractivity contribution in [2.24, 2.45) is 5.92 Å². The van der Waals surface area contributed by atoms with Gasteiger partial charge in [0, 0.05) is 12.0 Å². The molecule has 15 heavy (non-hydrogen) atoms. The third-order valence-corrected chi connectivity index (χ3v) is 2.16. The number of nitro groups is 1. The molecule has 0 aliphatic rings. The molecule has 0 radical (unpaired) electrons. The summed E-state index contributed by atoms with van der Waals surface area (Å²) < 4.78 is 0. The SMILES string of the molecule is C[C@H](C=O)[C@@H](O)c1ccccc1[N+](=O)[O-]. The van der Waals surface area contributed by atoms with E-state index >= 15 is 0 Å². The van der Waals surface area contributed by atoms with Gasteiger partial charge in [-0.15, -0.1) is 0 Å². The maximum atomic E-state index is 10.6. The van der Waals surface area contributed by atoms with Crippen LogP contribution in [0.2, 0.25) is 0 Å². The van der Waals surface area contributed by atoms with Gasteiger partial charge in [0.1, 0.15) is 6.29 Å². The van der Waals surface area contributed by atoms with E-state index in [4.69, 9.17) is 0 Å². The molecule has 0 spiro atoms. The van der Waals surface area contributed by atoms with Crippen LogP contribution in [0.15, 0.2) is 24.3 Å². The fourth-order valence-electron chi connectivity index (χ4n) is 1.26. The average molecular weight is 209 g/mol. The van der Waals surface area contributed by atoms with Crippen LogP contribution < -0.4 is 0 Å². The van der Waals surface area contributed by atoms with Gasteiger partial charge in [-0.25, -0.2) is 0 Å². The van der Waals surface area contributed by atoms with Gasteiger partial charge in [-0.3, -0.25) is 10.1 Å². The molecule has 0 unspecified atom stereocenters. The molecule has 1 aromatic rings. The third kappa shape index (κ3) is 2.38. The van der Waals surface area contributed by atoms with Gasteiger partial charge in [0.2, 0.25) is 0 Å². The summed E-state index contributed by atoms with van der Waals surface area (Å²) in [6.45, 7) is 1.51. The number of hydrogen-bond donors (Lipinski definition) is 1. The van der Waals surface area contributed by atoms with Crippen LogP contribution in [-0.2, 0) is 4.79 Å². The summed E-state index contributed by atoms with van der Waals surface area (Å²) in [5.41, 5.74) is 0.000741. The van der Waals surface area contributed by atoms with Crippen LogP contribution in [0.1, 0.15) is 18.6 Å². The second-order valence-electron chi connectivity index (χ2n) is 3.26. The van der Waals surface area contributed by atoms with Gasteiger partial charge in [-0.1, -0.05) is 19.1 Å². The summed E-state index contributed by atoms with van der Waals surface area (Å²) in [5.74, 6) is -0.661. The smallest absolute Gasteiger partial charge is 0.275 e. The average Bonchev–Trinajstić information content (AvgIpc) is 2.27. The first-order valence-electron chi connectivity index (χ1n) is 4.44. The van der Waals surface area contributed by atoms with Gasteiger partial charge in [0.15, 0.2) is 0 Å². The fraction of sp³-hybridized carbons (Fsp3) is 0.300. The Kier molecular flexibility index (Phi) is 3.51. The van der Waals surface area contributed by atoms with Crippen LogP contribution in [0.4, 0.5) is 5.69 Å². The molecular formula is C10H11NO4. The molecule has 2 atom stereocenters. The molecule has 5 nitrogen and oxygen atoms in total. The van der Waals surface area contributed by atoms with Crippen molar-refractivity contribution in [3.8, 4) is 0 Å². The molecule has 0 fully saturated rings. The largest absolute Gasteiger partial charge is 0.387 e. The van der Waals surface area contributed by atoms with Gasteiger partial charge >= 0.3 is 0 Å². The Balaban J connectivity index is 3.12. The van der Waals surface area contributed by atoms with Crippen LogP contribution in [-0.4, -0.2) is 16.3 Å². The Labute approximate surface area is 86.5 Å². The van der Waals surface area contributed by atoms with Crippen LogP contribution in [0.5, 0.6) is 0 Å². The number of carbonyl (C=O) groups is 1. The summed E-state index contributed by atoms with van der Waals surface area (Å²) in [6, 6.07) is 5.85. The first-order valence-corrected chi connectivity index (χ1v) is 4.44. The molecule has 1 N–H and O–H groups in total. The van der Waals surface area contributed by atoms with Crippen molar-refractivity contribution >= 4 is 12.0 Å². The number of aliphatic hydroxyl groups is 1.